The first-order valence-corrected chi connectivity index (χ1v) is 9.30. The summed E-state index contributed by atoms with van der Waals surface area (Å²) in [5.41, 5.74) is 0.968. The van der Waals surface area contributed by atoms with E-state index in [1.54, 1.807) is 26.0 Å². The van der Waals surface area contributed by atoms with Crippen molar-refractivity contribution in [3.05, 3.63) is 47.6 Å². The number of benzene rings is 1. The number of aryl methyl sites for hydroxylation is 1. The Morgan fingerprint density at radius 2 is 2.12 bits per heavy atom. The molecule has 4 nitrogen and oxygen atoms in total. The van der Waals surface area contributed by atoms with Gasteiger partial charge >= 0.3 is 0 Å². The van der Waals surface area contributed by atoms with E-state index in [1.165, 1.54) is 0 Å². The third-order valence-corrected chi connectivity index (χ3v) is 5.62. The summed E-state index contributed by atoms with van der Waals surface area (Å²) in [4.78, 5) is 0. The monoisotopic (exact) mass is 358 g/mol. The highest BCUT2D eigenvalue weighted by molar-refractivity contribution is 5.54. The topological polar surface area (TPSA) is 69.9 Å². The van der Waals surface area contributed by atoms with E-state index in [1.807, 2.05) is 26.0 Å². The number of aliphatic hydroxyl groups is 2. The molecule has 1 aromatic rings. The van der Waals surface area contributed by atoms with Crippen LogP contribution in [0.3, 0.4) is 0 Å². The van der Waals surface area contributed by atoms with Gasteiger partial charge in [-0.05, 0) is 70.6 Å². The molecule has 0 unspecified atom stereocenters. The van der Waals surface area contributed by atoms with Crippen LogP contribution in [-0.2, 0) is 0 Å². The first-order chi connectivity index (χ1) is 12.0. The second-order valence-corrected chi connectivity index (χ2v) is 8.68. The zero-order chi connectivity index (χ0) is 19.3. The van der Waals surface area contributed by atoms with E-state index >= 15 is 0 Å². The van der Waals surface area contributed by atoms with Gasteiger partial charge in [0.25, 0.3) is 0 Å². The van der Waals surface area contributed by atoms with Crippen molar-refractivity contribution < 1.29 is 20.1 Å². The lowest BCUT2D eigenvalue weighted by molar-refractivity contribution is -0.0826. The second-order valence-electron chi connectivity index (χ2n) is 8.68. The van der Waals surface area contributed by atoms with Crippen molar-refractivity contribution in [3.8, 4) is 11.5 Å². The average Bonchev–Trinajstić information content (AvgIpc) is 2.86. The van der Waals surface area contributed by atoms with Crippen molar-refractivity contribution in [1.29, 1.82) is 0 Å². The summed E-state index contributed by atoms with van der Waals surface area (Å²) in [6, 6.07) is 3.68. The Labute approximate surface area is 155 Å². The van der Waals surface area contributed by atoms with Crippen LogP contribution < -0.4 is 4.74 Å². The summed E-state index contributed by atoms with van der Waals surface area (Å²) >= 11 is 0. The smallest absolute Gasteiger partial charge is 0.135 e. The van der Waals surface area contributed by atoms with Crippen molar-refractivity contribution in [2.75, 3.05) is 0 Å². The number of rotatable bonds is 4. The largest absolute Gasteiger partial charge is 0.508 e. The highest BCUT2D eigenvalue weighted by Gasteiger charge is 2.53. The maximum Gasteiger partial charge on any atom is 0.135 e. The van der Waals surface area contributed by atoms with Gasteiger partial charge in [0, 0.05) is 11.5 Å². The quantitative estimate of drug-likeness (QED) is 0.712. The summed E-state index contributed by atoms with van der Waals surface area (Å²) in [5, 5.41) is 31.3. The summed E-state index contributed by atoms with van der Waals surface area (Å²) in [5.74, 6) is 0.901. The molecule has 142 valence electrons. The van der Waals surface area contributed by atoms with Gasteiger partial charge in [-0.3, -0.25) is 0 Å². The minimum atomic E-state index is -0.941. The summed E-state index contributed by atoms with van der Waals surface area (Å²) in [7, 11) is 0. The lowest BCUT2D eigenvalue weighted by Gasteiger charge is -2.43. The molecule has 0 amide bonds. The summed E-state index contributed by atoms with van der Waals surface area (Å²) in [6.45, 7) is 11.5. The fraction of sp³-hybridized carbons (Fsp3) is 0.545. The fourth-order valence-electron chi connectivity index (χ4n) is 4.34. The second kappa shape index (κ2) is 6.43. The predicted molar refractivity (Wildman–Crippen MR) is 103 cm³/mol. The van der Waals surface area contributed by atoms with E-state index in [4.69, 9.17) is 4.74 Å². The molecule has 3 rings (SSSR count). The summed E-state index contributed by atoms with van der Waals surface area (Å²) in [6.07, 6.45) is 5.39. The molecule has 1 aliphatic heterocycles. The van der Waals surface area contributed by atoms with Crippen LogP contribution in [0.2, 0.25) is 0 Å². The highest BCUT2D eigenvalue weighted by atomic mass is 16.5. The molecule has 1 aromatic carbocycles. The number of ether oxygens (including phenoxy) is 1. The van der Waals surface area contributed by atoms with Crippen LogP contribution in [0.15, 0.2) is 36.4 Å². The first kappa shape index (κ1) is 19.0. The van der Waals surface area contributed by atoms with Gasteiger partial charge in [0.1, 0.15) is 17.6 Å². The average molecular weight is 358 g/mol. The molecule has 0 aromatic heterocycles. The van der Waals surface area contributed by atoms with Gasteiger partial charge < -0.3 is 20.1 Å². The Bertz CT molecular complexity index is 739. The van der Waals surface area contributed by atoms with Crippen LogP contribution >= 0.6 is 0 Å². The predicted octanol–water partition coefficient (Wildman–Crippen LogP) is 3.98. The van der Waals surface area contributed by atoms with Gasteiger partial charge in [0.15, 0.2) is 0 Å². The molecule has 1 aliphatic carbocycles. The van der Waals surface area contributed by atoms with Crippen molar-refractivity contribution in [2.24, 2.45) is 5.92 Å². The van der Waals surface area contributed by atoms with Gasteiger partial charge in [-0.25, -0.2) is 0 Å². The van der Waals surface area contributed by atoms with Gasteiger partial charge in [-0.15, -0.1) is 0 Å². The Kier molecular flexibility index (Phi) is 4.70. The third-order valence-electron chi connectivity index (χ3n) is 5.62. The number of phenols is 1. The van der Waals surface area contributed by atoms with Crippen molar-refractivity contribution in [1.82, 2.24) is 0 Å². The molecular weight excluding hydrogens is 328 g/mol. The normalized spacial score (nSPS) is 30.8. The Morgan fingerprint density at radius 1 is 1.42 bits per heavy atom. The number of hydrogen-bond acceptors (Lipinski definition) is 4. The third kappa shape index (κ3) is 3.53. The van der Waals surface area contributed by atoms with Crippen LogP contribution in [0.5, 0.6) is 11.5 Å². The van der Waals surface area contributed by atoms with E-state index in [0.29, 0.717) is 18.6 Å². The van der Waals surface area contributed by atoms with E-state index in [-0.39, 0.29) is 23.7 Å². The van der Waals surface area contributed by atoms with Crippen LogP contribution in [0.1, 0.15) is 57.1 Å². The van der Waals surface area contributed by atoms with Crippen LogP contribution in [0.4, 0.5) is 0 Å². The summed E-state index contributed by atoms with van der Waals surface area (Å²) < 4.78 is 6.12. The molecule has 1 saturated carbocycles. The Hall–Kier alpha value is -1.78. The molecule has 2 aliphatic rings. The molecule has 0 spiro atoms. The lowest BCUT2D eigenvalue weighted by atomic mass is 9.65. The number of fused-ring (bicyclic) bond motifs is 3. The molecule has 1 fully saturated rings. The molecule has 0 saturated heterocycles. The Balaban J connectivity index is 1.92. The molecule has 4 heteroatoms. The minimum absolute atomic E-state index is 0.113. The van der Waals surface area contributed by atoms with Gasteiger partial charge in [0.2, 0.25) is 0 Å². The molecule has 0 radical (unpaired) electrons. The molecule has 26 heavy (non-hydrogen) atoms. The maximum atomic E-state index is 10.9. The van der Waals surface area contributed by atoms with Crippen molar-refractivity contribution >= 4 is 0 Å². The number of allylic oxidation sites excluding steroid dienone is 2. The number of aromatic hydroxyl groups is 1. The minimum Gasteiger partial charge on any atom is -0.508 e. The van der Waals surface area contributed by atoms with Crippen LogP contribution in [0.25, 0.3) is 0 Å². The zero-order valence-electron chi connectivity index (χ0n) is 16.1. The molecule has 0 bridgehead atoms. The maximum absolute atomic E-state index is 10.9. The van der Waals surface area contributed by atoms with Gasteiger partial charge in [0.05, 0.1) is 11.2 Å². The highest BCUT2D eigenvalue weighted by Crippen LogP contribution is 2.56. The van der Waals surface area contributed by atoms with Gasteiger partial charge in [-0.2, -0.15) is 0 Å². The van der Waals surface area contributed by atoms with E-state index in [2.05, 4.69) is 6.58 Å². The standard InChI is InChI=1S/C22H30O4/c1-13-11-16(23)19-17(12-13)26-20-18(19)15(8-10-22(20,5)25)14(2)7-6-9-21(3,4)24/h6,9,11-12,15,18,20,23-25H,2,7-8,10H2,1,3-5H3/b9-6+/t15-,18+,20-,22-/m0/s1. The van der Waals surface area contributed by atoms with E-state index < -0.39 is 11.2 Å². The van der Waals surface area contributed by atoms with Crippen LogP contribution in [0, 0.1) is 12.8 Å². The molecule has 3 N–H and O–H groups in total. The molecule has 4 atom stereocenters. The first-order valence-electron chi connectivity index (χ1n) is 9.30. The number of phenolic OH excluding ortho intramolecular Hbond substituents is 1. The molecule has 1 heterocycles. The number of hydrogen-bond donors (Lipinski definition) is 3. The SMILES string of the molecule is C=C(C/C=C/C(C)(C)O)[C@@H]1CC[C@](C)(O)[C@H]2Oc3cc(C)cc(O)c3[C@@H]12. The van der Waals surface area contributed by atoms with E-state index in [0.717, 1.165) is 23.1 Å². The van der Waals surface area contributed by atoms with Crippen LogP contribution in [-0.4, -0.2) is 32.6 Å². The van der Waals surface area contributed by atoms with Gasteiger partial charge in [-0.1, -0.05) is 24.3 Å². The lowest BCUT2D eigenvalue weighted by Crippen LogP contribution is -2.50. The zero-order valence-corrected chi connectivity index (χ0v) is 16.1. The van der Waals surface area contributed by atoms with E-state index in [9.17, 15) is 15.3 Å². The Morgan fingerprint density at radius 3 is 2.77 bits per heavy atom. The van der Waals surface area contributed by atoms with Crippen molar-refractivity contribution in [3.63, 3.8) is 0 Å². The van der Waals surface area contributed by atoms with Crippen molar-refractivity contribution in [2.45, 2.75) is 70.2 Å². The fourth-order valence-corrected chi connectivity index (χ4v) is 4.34. The molecular formula is C22H30O4.